The van der Waals surface area contributed by atoms with Gasteiger partial charge in [0, 0.05) is 12.0 Å². The van der Waals surface area contributed by atoms with Crippen LogP contribution in [0.3, 0.4) is 0 Å². The van der Waals surface area contributed by atoms with Gasteiger partial charge in [-0.3, -0.25) is 5.43 Å². The number of rotatable bonds is 7. The van der Waals surface area contributed by atoms with E-state index in [-0.39, 0.29) is 6.10 Å². The van der Waals surface area contributed by atoms with Gasteiger partial charge in [-0.05, 0) is 24.0 Å². The van der Waals surface area contributed by atoms with Crippen LogP contribution in [0.1, 0.15) is 24.0 Å². The van der Waals surface area contributed by atoms with Crippen molar-refractivity contribution in [2.24, 2.45) is 5.10 Å². The number of ether oxygens (including phenoxy) is 2. The summed E-state index contributed by atoms with van der Waals surface area (Å²) in [6.07, 6.45) is 4.26. The van der Waals surface area contributed by atoms with Crippen LogP contribution in [0, 0.1) is 0 Å². The first kappa shape index (κ1) is 15.9. The molecule has 0 spiro atoms. The molecule has 23 heavy (non-hydrogen) atoms. The topological polar surface area (TPSA) is 81.8 Å². The largest absolute Gasteiger partial charge is 0.383 e. The summed E-state index contributed by atoms with van der Waals surface area (Å²) in [5.74, 6) is 0.500. The van der Waals surface area contributed by atoms with E-state index in [1.54, 1.807) is 11.6 Å². The fourth-order valence-electron chi connectivity index (χ4n) is 2.28. The van der Waals surface area contributed by atoms with E-state index in [1.165, 1.54) is 11.3 Å². The van der Waals surface area contributed by atoms with Gasteiger partial charge in [-0.25, -0.2) is 4.98 Å². The van der Waals surface area contributed by atoms with Crippen LogP contribution in [0.4, 0.5) is 10.9 Å². The molecule has 1 aromatic carbocycles. The fraction of sp³-hybridized carbons (Fsp3) is 0.375. The Balaban J connectivity index is 1.42. The first-order valence-electron chi connectivity index (χ1n) is 7.58. The molecule has 1 atom stereocenters. The molecule has 6 nitrogen and oxygen atoms in total. The van der Waals surface area contributed by atoms with Crippen LogP contribution < -0.4 is 11.2 Å². The standard InChI is InChI=1S/C16H20N4O2S/c17-15-11-23-16(19-15)20-18-8-12-3-5-13(6-4-12)9-21-10-14-2-1-7-22-14/h3-6,8,11,14H,1-2,7,9-10,17H2,(H,19,20). The molecule has 7 heteroatoms. The summed E-state index contributed by atoms with van der Waals surface area (Å²) in [6, 6.07) is 8.09. The molecule has 1 aliphatic rings. The smallest absolute Gasteiger partial charge is 0.205 e. The van der Waals surface area contributed by atoms with Crippen molar-refractivity contribution in [1.29, 1.82) is 0 Å². The minimum Gasteiger partial charge on any atom is -0.383 e. The van der Waals surface area contributed by atoms with Gasteiger partial charge < -0.3 is 15.2 Å². The van der Waals surface area contributed by atoms with Crippen LogP contribution in [-0.4, -0.2) is 30.5 Å². The minimum absolute atomic E-state index is 0.271. The number of hydrogen-bond acceptors (Lipinski definition) is 7. The summed E-state index contributed by atoms with van der Waals surface area (Å²) in [6.45, 7) is 2.14. The van der Waals surface area contributed by atoms with Crippen molar-refractivity contribution in [3.8, 4) is 0 Å². The van der Waals surface area contributed by atoms with Gasteiger partial charge in [0.05, 0.1) is 25.5 Å². The molecule has 122 valence electrons. The molecule has 1 fully saturated rings. The van der Waals surface area contributed by atoms with E-state index in [0.29, 0.717) is 24.2 Å². The minimum atomic E-state index is 0.271. The van der Waals surface area contributed by atoms with Crippen LogP contribution in [0.2, 0.25) is 0 Å². The predicted molar refractivity (Wildman–Crippen MR) is 92.8 cm³/mol. The fourth-order valence-corrected chi connectivity index (χ4v) is 2.83. The van der Waals surface area contributed by atoms with E-state index in [4.69, 9.17) is 15.2 Å². The molecule has 3 N–H and O–H groups in total. The zero-order chi connectivity index (χ0) is 15.9. The highest BCUT2D eigenvalue weighted by atomic mass is 32.1. The molecule has 0 aliphatic carbocycles. The molecule has 0 saturated carbocycles. The number of nitrogen functional groups attached to an aromatic ring is 1. The van der Waals surface area contributed by atoms with Gasteiger partial charge in [-0.15, -0.1) is 11.3 Å². The van der Waals surface area contributed by atoms with Crippen molar-refractivity contribution >= 4 is 28.5 Å². The lowest BCUT2D eigenvalue weighted by Gasteiger charge is -2.10. The van der Waals surface area contributed by atoms with E-state index in [1.807, 2.05) is 24.3 Å². The number of nitrogens with one attached hydrogen (secondary N) is 1. The van der Waals surface area contributed by atoms with Crippen molar-refractivity contribution in [2.45, 2.75) is 25.6 Å². The number of hydrogen-bond donors (Lipinski definition) is 2. The number of anilines is 2. The Bertz CT molecular complexity index is 636. The van der Waals surface area contributed by atoms with Gasteiger partial charge in [0.25, 0.3) is 0 Å². The highest BCUT2D eigenvalue weighted by Crippen LogP contribution is 2.16. The average Bonchev–Trinajstić information content (AvgIpc) is 3.21. The van der Waals surface area contributed by atoms with Gasteiger partial charge >= 0.3 is 0 Å². The highest BCUT2D eigenvalue weighted by Gasteiger charge is 2.15. The molecule has 0 bridgehead atoms. The first-order valence-corrected chi connectivity index (χ1v) is 8.46. The number of benzene rings is 1. The number of aromatic nitrogens is 1. The number of hydrazone groups is 1. The molecule has 1 saturated heterocycles. The summed E-state index contributed by atoms with van der Waals surface area (Å²) in [5, 5.41) is 6.58. The molecular weight excluding hydrogens is 312 g/mol. The summed E-state index contributed by atoms with van der Waals surface area (Å²) < 4.78 is 11.2. The summed E-state index contributed by atoms with van der Waals surface area (Å²) in [7, 11) is 0. The monoisotopic (exact) mass is 332 g/mol. The van der Waals surface area contributed by atoms with Crippen molar-refractivity contribution in [1.82, 2.24) is 4.98 Å². The normalized spacial score (nSPS) is 17.8. The molecule has 2 heterocycles. The number of thiazole rings is 1. The highest BCUT2D eigenvalue weighted by molar-refractivity contribution is 7.14. The lowest BCUT2D eigenvalue weighted by atomic mass is 10.1. The van der Waals surface area contributed by atoms with E-state index in [9.17, 15) is 0 Å². The zero-order valence-electron chi connectivity index (χ0n) is 12.8. The second-order valence-electron chi connectivity index (χ2n) is 5.34. The number of nitrogens with two attached hydrogens (primary N) is 1. The van der Waals surface area contributed by atoms with E-state index in [2.05, 4.69) is 15.5 Å². The Labute approximate surface area is 139 Å². The maximum absolute atomic E-state index is 5.70. The SMILES string of the molecule is Nc1csc(NN=Cc2ccc(COCC3CCCO3)cc2)n1. The van der Waals surface area contributed by atoms with Crippen molar-refractivity contribution in [2.75, 3.05) is 24.4 Å². The van der Waals surface area contributed by atoms with Crippen LogP contribution >= 0.6 is 11.3 Å². The van der Waals surface area contributed by atoms with Crippen LogP contribution in [-0.2, 0) is 16.1 Å². The van der Waals surface area contributed by atoms with Gasteiger partial charge in [-0.2, -0.15) is 5.10 Å². The summed E-state index contributed by atoms with van der Waals surface area (Å²) >= 11 is 1.42. The quantitative estimate of drug-likeness (QED) is 0.602. The molecule has 3 rings (SSSR count). The van der Waals surface area contributed by atoms with Gasteiger partial charge in [0.2, 0.25) is 5.13 Å². The Kier molecular flexibility index (Phi) is 5.57. The maximum Gasteiger partial charge on any atom is 0.205 e. The van der Waals surface area contributed by atoms with Gasteiger partial charge in [0.1, 0.15) is 5.82 Å². The van der Waals surface area contributed by atoms with Gasteiger partial charge in [-0.1, -0.05) is 24.3 Å². The number of nitrogens with zero attached hydrogens (tertiary/aromatic N) is 2. The molecule has 2 aromatic rings. The molecule has 1 aliphatic heterocycles. The second kappa shape index (κ2) is 8.05. The average molecular weight is 332 g/mol. The first-order chi connectivity index (χ1) is 11.3. The van der Waals surface area contributed by atoms with E-state index >= 15 is 0 Å². The lowest BCUT2D eigenvalue weighted by molar-refractivity contribution is 0.0106. The Morgan fingerprint density at radius 2 is 2.30 bits per heavy atom. The Morgan fingerprint density at radius 3 is 3.00 bits per heavy atom. The van der Waals surface area contributed by atoms with E-state index in [0.717, 1.165) is 30.6 Å². The second-order valence-corrected chi connectivity index (χ2v) is 6.20. The van der Waals surface area contributed by atoms with Crippen molar-refractivity contribution in [3.05, 3.63) is 40.8 Å². The van der Waals surface area contributed by atoms with Crippen molar-refractivity contribution < 1.29 is 9.47 Å². The molecule has 0 amide bonds. The molecule has 0 radical (unpaired) electrons. The van der Waals surface area contributed by atoms with Crippen molar-refractivity contribution in [3.63, 3.8) is 0 Å². The summed E-state index contributed by atoms with van der Waals surface area (Å²) in [4.78, 5) is 4.07. The third-order valence-corrected chi connectivity index (χ3v) is 4.24. The van der Waals surface area contributed by atoms with Gasteiger partial charge in [0.15, 0.2) is 0 Å². The Hall–Kier alpha value is -1.96. The predicted octanol–water partition coefficient (Wildman–Crippen LogP) is 2.87. The third kappa shape index (κ3) is 5.02. The Morgan fingerprint density at radius 1 is 1.43 bits per heavy atom. The maximum atomic E-state index is 5.70. The third-order valence-electron chi connectivity index (χ3n) is 3.47. The van der Waals surface area contributed by atoms with Crippen LogP contribution in [0.25, 0.3) is 0 Å². The van der Waals surface area contributed by atoms with Crippen LogP contribution in [0.5, 0.6) is 0 Å². The van der Waals surface area contributed by atoms with Crippen LogP contribution in [0.15, 0.2) is 34.7 Å². The molecule has 1 aromatic heterocycles. The lowest BCUT2D eigenvalue weighted by Crippen LogP contribution is -2.13. The molecule has 1 unspecified atom stereocenters. The molecular formula is C16H20N4O2S. The summed E-state index contributed by atoms with van der Waals surface area (Å²) in [5.41, 5.74) is 10.5. The van der Waals surface area contributed by atoms with E-state index < -0.39 is 0 Å². The zero-order valence-corrected chi connectivity index (χ0v) is 13.6.